The molecule has 3 heteroatoms. The van der Waals surface area contributed by atoms with Crippen LogP contribution in [0.2, 0.25) is 0 Å². The van der Waals surface area contributed by atoms with Gasteiger partial charge in [-0.3, -0.25) is 4.98 Å². The summed E-state index contributed by atoms with van der Waals surface area (Å²) >= 11 is 0. The number of hydrogen-bond acceptors (Lipinski definition) is 3. The third-order valence-corrected chi connectivity index (χ3v) is 3.18. The van der Waals surface area contributed by atoms with Crippen LogP contribution in [0, 0.1) is 6.92 Å². The zero-order valence-corrected chi connectivity index (χ0v) is 12.1. The fourth-order valence-electron chi connectivity index (χ4n) is 1.82. The molecule has 0 aliphatic rings. The Hall–Kier alpha value is -1.90. The predicted molar refractivity (Wildman–Crippen MR) is 79.2 cm³/mol. The van der Waals surface area contributed by atoms with Crippen LogP contribution in [0.5, 0.6) is 0 Å². The van der Waals surface area contributed by atoms with Gasteiger partial charge < -0.3 is 5.32 Å². The first-order chi connectivity index (χ1) is 8.97. The van der Waals surface area contributed by atoms with Crippen molar-refractivity contribution in [3.05, 3.63) is 53.5 Å². The van der Waals surface area contributed by atoms with Gasteiger partial charge in [-0.25, -0.2) is 4.98 Å². The summed E-state index contributed by atoms with van der Waals surface area (Å²) in [5.41, 5.74) is 3.64. The summed E-state index contributed by atoms with van der Waals surface area (Å²) in [5, 5.41) is 3.31. The lowest BCUT2D eigenvalue weighted by molar-refractivity contribution is 0.587. The highest BCUT2D eigenvalue weighted by Gasteiger charge is 2.13. The molecule has 0 amide bonds. The van der Waals surface area contributed by atoms with Crippen molar-refractivity contribution >= 4 is 5.82 Å². The molecule has 0 fully saturated rings. The highest BCUT2D eigenvalue weighted by atomic mass is 15.0. The lowest BCUT2D eigenvalue weighted by atomic mass is 9.88. The Labute approximate surface area is 115 Å². The summed E-state index contributed by atoms with van der Waals surface area (Å²) in [7, 11) is 0. The van der Waals surface area contributed by atoms with Crippen LogP contribution in [-0.2, 0) is 12.0 Å². The number of nitrogens with one attached hydrogen (secondary N) is 1. The van der Waals surface area contributed by atoms with E-state index >= 15 is 0 Å². The summed E-state index contributed by atoms with van der Waals surface area (Å²) in [6.07, 6.45) is 3.76. The Bertz CT molecular complexity index is 539. The molecule has 0 atom stereocenters. The molecule has 2 aromatic heterocycles. The van der Waals surface area contributed by atoms with E-state index in [1.807, 2.05) is 24.5 Å². The minimum absolute atomic E-state index is 0.142. The summed E-state index contributed by atoms with van der Waals surface area (Å²) < 4.78 is 0. The zero-order valence-electron chi connectivity index (χ0n) is 12.1. The van der Waals surface area contributed by atoms with Crippen molar-refractivity contribution < 1.29 is 0 Å². The minimum atomic E-state index is 0.142. The summed E-state index contributed by atoms with van der Waals surface area (Å²) in [5.74, 6) is 0.887. The monoisotopic (exact) mass is 255 g/mol. The van der Waals surface area contributed by atoms with E-state index in [1.54, 1.807) is 0 Å². The fourth-order valence-corrected chi connectivity index (χ4v) is 1.82. The minimum Gasteiger partial charge on any atom is -0.364 e. The lowest BCUT2D eigenvalue weighted by Gasteiger charge is -2.18. The van der Waals surface area contributed by atoms with Gasteiger partial charge in [0.15, 0.2) is 0 Å². The van der Waals surface area contributed by atoms with Crippen LogP contribution in [-0.4, -0.2) is 9.97 Å². The molecular formula is C16H21N3. The molecule has 0 spiro atoms. The SMILES string of the molecule is Cc1cccnc1CNc1ccc(C(C)(C)C)cn1. The fraction of sp³-hybridized carbons (Fsp3) is 0.375. The van der Waals surface area contributed by atoms with Gasteiger partial charge >= 0.3 is 0 Å². The maximum atomic E-state index is 4.45. The van der Waals surface area contributed by atoms with Gasteiger partial charge in [-0.05, 0) is 35.6 Å². The zero-order chi connectivity index (χ0) is 13.9. The number of nitrogens with zero attached hydrogens (tertiary/aromatic N) is 2. The number of anilines is 1. The Morgan fingerprint density at radius 1 is 1.11 bits per heavy atom. The van der Waals surface area contributed by atoms with Gasteiger partial charge in [0.2, 0.25) is 0 Å². The highest BCUT2D eigenvalue weighted by Crippen LogP contribution is 2.22. The van der Waals surface area contributed by atoms with Crippen LogP contribution in [0.15, 0.2) is 36.7 Å². The third-order valence-electron chi connectivity index (χ3n) is 3.18. The van der Waals surface area contributed by atoms with E-state index in [4.69, 9.17) is 0 Å². The van der Waals surface area contributed by atoms with Gasteiger partial charge in [-0.1, -0.05) is 32.9 Å². The number of aromatic nitrogens is 2. The van der Waals surface area contributed by atoms with Crippen molar-refractivity contribution in [2.75, 3.05) is 5.32 Å². The maximum Gasteiger partial charge on any atom is 0.126 e. The molecular weight excluding hydrogens is 234 g/mol. The first-order valence-corrected chi connectivity index (χ1v) is 6.58. The van der Waals surface area contributed by atoms with Gasteiger partial charge in [0, 0.05) is 12.4 Å². The lowest BCUT2D eigenvalue weighted by Crippen LogP contribution is -2.12. The Balaban J connectivity index is 2.03. The Morgan fingerprint density at radius 3 is 2.47 bits per heavy atom. The van der Waals surface area contributed by atoms with Crippen molar-refractivity contribution in [3.63, 3.8) is 0 Å². The summed E-state index contributed by atoms with van der Waals surface area (Å²) in [6.45, 7) is 9.34. The molecule has 0 bridgehead atoms. The summed E-state index contributed by atoms with van der Waals surface area (Å²) in [6, 6.07) is 8.18. The number of pyridine rings is 2. The number of hydrogen-bond donors (Lipinski definition) is 1. The molecule has 0 saturated heterocycles. The van der Waals surface area contributed by atoms with E-state index in [2.05, 4.69) is 55.1 Å². The van der Waals surface area contributed by atoms with Gasteiger partial charge in [0.1, 0.15) is 5.82 Å². The van der Waals surface area contributed by atoms with E-state index in [0.29, 0.717) is 6.54 Å². The standard InChI is InChI=1S/C16H21N3/c1-12-6-5-9-17-14(12)11-19-15-8-7-13(10-18-15)16(2,3)4/h5-10H,11H2,1-4H3,(H,18,19). The van der Waals surface area contributed by atoms with Crippen molar-refractivity contribution in [2.24, 2.45) is 0 Å². The van der Waals surface area contributed by atoms with Crippen LogP contribution >= 0.6 is 0 Å². The molecule has 100 valence electrons. The van der Waals surface area contributed by atoms with Gasteiger partial charge in [-0.2, -0.15) is 0 Å². The topological polar surface area (TPSA) is 37.8 Å². The molecule has 2 rings (SSSR count). The Morgan fingerprint density at radius 2 is 1.89 bits per heavy atom. The average molecular weight is 255 g/mol. The van der Waals surface area contributed by atoms with Gasteiger partial charge in [-0.15, -0.1) is 0 Å². The van der Waals surface area contributed by atoms with Crippen LogP contribution in [0.25, 0.3) is 0 Å². The van der Waals surface area contributed by atoms with Crippen molar-refractivity contribution in [3.8, 4) is 0 Å². The molecule has 3 nitrogen and oxygen atoms in total. The van der Waals surface area contributed by atoms with E-state index in [9.17, 15) is 0 Å². The van der Waals surface area contributed by atoms with Crippen molar-refractivity contribution in [2.45, 2.75) is 39.7 Å². The predicted octanol–water partition coefficient (Wildman–Crippen LogP) is 3.69. The van der Waals surface area contributed by atoms with E-state index in [-0.39, 0.29) is 5.41 Å². The highest BCUT2D eigenvalue weighted by molar-refractivity contribution is 5.38. The van der Waals surface area contributed by atoms with E-state index in [0.717, 1.165) is 11.5 Å². The van der Waals surface area contributed by atoms with Crippen LogP contribution < -0.4 is 5.32 Å². The second-order valence-corrected chi connectivity index (χ2v) is 5.80. The molecule has 2 heterocycles. The van der Waals surface area contributed by atoms with Gasteiger partial charge in [0.05, 0.1) is 12.2 Å². The quantitative estimate of drug-likeness (QED) is 0.908. The molecule has 0 unspecified atom stereocenters. The Kier molecular flexibility index (Phi) is 3.84. The first kappa shape index (κ1) is 13.5. The first-order valence-electron chi connectivity index (χ1n) is 6.58. The molecule has 0 saturated carbocycles. The molecule has 0 aromatic carbocycles. The van der Waals surface area contributed by atoms with Crippen LogP contribution in [0.1, 0.15) is 37.6 Å². The molecule has 2 aromatic rings. The van der Waals surface area contributed by atoms with Gasteiger partial charge in [0.25, 0.3) is 0 Å². The second-order valence-electron chi connectivity index (χ2n) is 5.80. The maximum absolute atomic E-state index is 4.45. The van der Waals surface area contributed by atoms with E-state index in [1.165, 1.54) is 11.1 Å². The van der Waals surface area contributed by atoms with Crippen molar-refractivity contribution in [1.82, 2.24) is 9.97 Å². The molecule has 0 aliphatic heterocycles. The molecule has 19 heavy (non-hydrogen) atoms. The largest absolute Gasteiger partial charge is 0.364 e. The molecule has 1 N–H and O–H groups in total. The molecule has 0 aliphatic carbocycles. The number of rotatable bonds is 3. The number of aryl methyl sites for hydroxylation is 1. The molecule has 0 radical (unpaired) electrons. The summed E-state index contributed by atoms with van der Waals surface area (Å²) in [4.78, 5) is 8.81. The van der Waals surface area contributed by atoms with Crippen molar-refractivity contribution in [1.29, 1.82) is 0 Å². The third kappa shape index (κ3) is 3.53. The normalized spacial score (nSPS) is 11.4. The second kappa shape index (κ2) is 5.39. The smallest absolute Gasteiger partial charge is 0.126 e. The van der Waals surface area contributed by atoms with Crippen LogP contribution in [0.4, 0.5) is 5.82 Å². The average Bonchev–Trinajstić information content (AvgIpc) is 2.37. The van der Waals surface area contributed by atoms with E-state index < -0.39 is 0 Å². The van der Waals surface area contributed by atoms with Crippen LogP contribution in [0.3, 0.4) is 0 Å².